The van der Waals surface area contributed by atoms with Crippen molar-refractivity contribution in [1.82, 2.24) is 15.3 Å². The van der Waals surface area contributed by atoms with E-state index in [1.54, 1.807) is 0 Å². The fraction of sp³-hybridized carbons (Fsp3) is 0.429. The Bertz CT molecular complexity index is 978. The van der Waals surface area contributed by atoms with Gasteiger partial charge in [-0.2, -0.15) is 0 Å². The Hall–Kier alpha value is -2.96. The third kappa shape index (κ3) is 4.30. The molecule has 2 aromatic rings. The van der Waals surface area contributed by atoms with E-state index in [-0.39, 0.29) is 29.7 Å². The first kappa shape index (κ1) is 19.8. The summed E-state index contributed by atoms with van der Waals surface area (Å²) in [6, 6.07) is 5.41. The smallest absolute Gasteiger partial charge is 0.251 e. The van der Waals surface area contributed by atoms with Crippen molar-refractivity contribution in [3.8, 4) is 0 Å². The van der Waals surface area contributed by atoms with Crippen molar-refractivity contribution >= 4 is 17.5 Å². The predicted molar refractivity (Wildman–Crippen MR) is 108 cm³/mol. The van der Waals surface area contributed by atoms with Crippen LogP contribution in [0.15, 0.2) is 23.0 Å². The zero-order valence-electron chi connectivity index (χ0n) is 16.7. The van der Waals surface area contributed by atoms with E-state index in [2.05, 4.69) is 20.6 Å². The quantitative estimate of drug-likeness (QED) is 0.713. The molecule has 3 rings (SSSR count). The highest BCUT2D eigenvalue weighted by atomic mass is 16.2. The van der Waals surface area contributed by atoms with E-state index in [0.717, 1.165) is 22.4 Å². The maximum Gasteiger partial charge on any atom is 0.251 e. The summed E-state index contributed by atoms with van der Waals surface area (Å²) >= 11 is 0. The number of amides is 2. The average Bonchev–Trinajstić information content (AvgIpc) is 2.89. The molecular formula is C21H26N4O3. The molecule has 148 valence electrons. The minimum absolute atomic E-state index is 0.1000. The summed E-state index contributed by atoms with van der Waals surface area (Å²) in [7, 11) is 0. The van der Waals surface area contributed by atoms with Crippen LogP contribution < -0.4 is 16.2 Å². The highest BCUT2D eigenvalue weighted by Crippen LogP contribution is 2.37. The van der Waals surface area contributed by atoms with Gasteiger partial charge in [0.15, 0.2) is 0 Å². The van der Waals surface area contributed by atoms with Gasteiger partial charge in [-0.15, -0.1) is 0 Å². The first-order valence-electron chi connectivity index (χ1n) is 9.53. The van der Waals surface area contributed by atoms with E-state index in [4.69, 9.17) is 0 Å². The van der Waals surface area contributed by atoms with E-state index in [0.29, 0.717) is 24.5 Å². The number of benzene rings is 1. The Morgan fingerprint density at radius 1 is 1.21 bits per heavy atom. The number of H-pyrrole nitrogens is 1. The van der Waals surface area contributed by atoms with Crippen LogP contribution in [0.1, 0.15) is 60.3 Å². The lowest BCUT2D eigenvalue weighted by Gasteiger charge is -2.12. The van der Waals surface area contributed by atoms with Crippen LogP contribution in [-0.2, 0) is 16.0 Å². The number of aryl methyl sites for hydroxylation is 2. The molecule has 7 nitrogen and oxygen atoms in total. The van der Waals surface area contributed by atoms with Crippen LogP contribution >= 0.6 is 0 Å². The predicted octanol–water partition coefficient (Wildman–Crippen LogP) is 2.29. The number of aromatic nitrogens is 2. The SMILES string of the molecule is Cc1cc(C)c2c(c1)NC(=O)C2CC(=O)NCCc1cc(=O)[nH]c(C(C)C)n1. The van der Waals surface area contributed by atoms with Gasteiger partial charge in [-0.3, -0.25) is 14.4 Å². The molecule has 1 atom stereocenters. The second kappa shape index (κ2) is 7.96. The van der Waals surface area contributed by atoms with Gasteiger partial charge in [-0.1, -0.05) is 19.9 Å². The van der Waals surface area contributed by atoms with Gasteiger partial charge < -0.3 is 15.6 Å². The number of carbonyl (C=O) groups excluding carboxylic acids is 2. The Kier molecular flexibility index (Phi) is 5.63. The molecule has 2 heterocycles. The summed E-state index contributed by atoms with van der Waals surface area (Å²) in [4.78, 5) is 43.6. The van der Waals surface area contributed by atoms with Crippen LogP contribution in [0, 0.1) is 13.8 Å². The fourth-order valence-corrected chi connectivity index (χ4v) is 3.61. The van der Waals surface area contributed by atoms with E-state index in [1.807, 2.05) is 39.8 Å². The first-order chi connectivity index (χ1) is 13.2. The average molecular weight is 382 g/mol. The van der Waals surface area contributed by atoms with Crippen LogP contribution in [0.25, 0.3) is 0 Å². The van der Waals surface area contributed by atoms with Crippen LogP contribution in [0.2, 0.25) is 0 Å². The van der Waals surface area contributed by atoms with Crippen LogP contribution in [0.5, 0.6) is 0 Å². The van der Waals surface area contributed by atoms with Crippen molar-refractivity contribution in [3.63, 3.8) is 0 Å². The molecule has 0 saturated heterocycles. The van der Waals surface area contributed by atoms with Gasteiger partial charge >= 0.3 is 0 Å². The maximum absolute atomic E-state index is 12.4. The summed E-state index contributed by atoms with van der Waals surface area (Å²) < 4.78 is 0. The summed E-state index contributed by atoms with van der Waals surface area (Å²) in [5, 5.41) is 5.71. The summed E-state index contributed by atoms with van der Waals surface area (Å²) in [5.41, 5.74) is 4.25. The molecule has 0 aliphatic carbocycles. The van der Waals surface area contributed by atoms with Crippen molar-refractivity contribution in [3.05, 3.63) is 56.8 Å². The molecule has 1 aromatic heterocycles. The highest BCUT2D eigenvalue weighted by Gasteiger charge is 2.33. The minimum Gasteiger partial charge on any atom is -0.356 e. The minimum atomic E-state index is -0.471. The number of anilines is 1. The number of aromatic amines is 1. The van der Waals surface area contributed by atoms with Crippen molar-refractivity contribution < 1.29 is 9.59 Å². The second-order valence-electron chi connectivity index (χ2n) is 7.67. The summed E-state index contributed by atoms with van der Waals surface area (Å²) in [6.45, 7) is 8.21. The topological polar surface area (TPSA) is 104 Å². The van der Waals surface area contributed by atoms with Crippen LogP contribution in [0.4, 0.5) is 5.69 Å². The number of nitrogens with zero attached hydrogens (tertiary/aromatic N) is 1. The number of carbonyl (C=O) groups is 2. The number of hydrogen-bond donors (Lipinski definition) is 3. The van der Waals surface area contributed by atoms with Crippen LogP contribution in [-0.4, -0.2) is 28.3 Å². The summed E-state index contributed by atoms with van der Waals surface area (Å²) in [6.07, 6.45) is 0.559. The Morgan fingerprint density at radius 3 is 2.68 bits per heavy atom. The van der Waals surface area contributed by atoms with Gasteiger partial charge in [-0.25, -0.2) is 4.98 Å². The van der Waals surface area contributed by atoms with Gasteiger partial charge in [0, 0.05) is 42.8 Å². The van der Waals surface area contributed by atoms with E-state index in [9.17, 15) is 14.4 Å². The molecule has 0 saturated carbocycles. The number of hydrogen-bond acceptors (Lipinski definition) is 4. The van der Waals surface area contributed by atoms with E-state index < -0.39 is 5.92 Å². The largest absolute Gasteiger partial charge is 0.356 e. The van der Waals surface area contributed by atoms with E-state index in [1.165, 1.54) is 6.07 Å². The molecule has 1 aliphatic heterocycles. The lowest BCUT2D eigenvalue weighted by Crippen LogP contribution is -2.29. The molecule has 1 aromatic carbocycles. The molecule has 28 heavy (non-hydrogen) atoms. The van der Waals surface area contributed by atoms with Gasteiger partial charge in [0.1, 0.15) is 5.82 Å². The zero-order chi connectivity index (χ0) is 20.4. The molecule has 0 bridgehead atoms. The van der Waals surface area contributed by atoms with Crippen molar-refractivity contribution in [1.29, 1.82) is 0 Å². The maximum atomic E-state index is 12.4. The summed E-state index contributed by atoms with van der Waals surface area (Å²) in [5.74, 6) is -0.0479. The van der Waals surface area contributed by atoms with Gasteiger partial charge in [0.2, 0.25) is 11.8 Å². The molecule has 0 radical (unpaired) electrons. The number of nitrogens with one attached hydrogen (secondary N) is 3. The Morgan fingerprint density at radius 2 is 1.96 bits per heavy atom. The molecule has 3 N–H and O–H groups in total. The van der Waals surface area contributed by atoms with Crippen molar-refractivity contribution in [2.75, 3.05) is 11.9 Å². The lowest BCUT2D eigenvalue weighted by atomic mass is 9.92. The standard InChI is InChI=1S/C21H26N4O3/c1-11(2)20-23-14(9-18(27)25-20)5-6-22-17(26)10-15-19-13(4)7-12(3)8-16(19)24-21(15)28/h7-9,11,15H,5-6,10H2,1-4H3,(H,22,26)(H,24,28)(H,23,25,27). The lowest BCUT2D eigenvalue weighted by molar-refractivity contribution is -0.125. The molecule has 0 spiro atoms. The van der Waals surface area contributed by atoms with Gasteiger partial charge in [0.05, 0.1) is 5.92 Å². The van der Waals surface area contributed by atoms with Crippen LogP contribution in [0.3, 0.4) is 0 Å². The monoisotopic (exact) mass is 382 g/mol. The molecule has 0 fully saturated rings. The molecular weight excluding hydrogens is 356 g/mol. The molecule has 2 amide bonds. The third-order valence-electron chi connectivity index (χ3n) is 4.91. The molecule has 7 heteroatoms. The zero-order valence-corrected chi connectivity index (χ0v) is 16.7. The van der Waals surface area contributed by atoms with Gasteiger partial charge in [-0.05, 0) is 36.6 Å². The third-order valence-corrected chi connectivity index (χ3v) is 4.91. The van der Waals surface area contributed by atoms with Crippen molar-refractivity contribution in [2.45, 2.75) is 52.4 Å². The number of rotatable bonds is 6. The van der Waals surface area contributed by atoms with E-state index >= 15 is 0 Å². The molecule has 1 aliphatic rings. The van der Waals surface area contributed by atoms with Gasteiger partial charge in [0.25, 0.3) is 5.56 Å². The Balaban J connectivity index is 1.60. The Labute approximate surface area is 164 Å². The highest BCUT2D eigenvalue weighted by molar-refractivity contribution is 6.05. The molecule has 1 unspecified atom stereocenters. The number of fused-ring (bicyclic) bond motifs is 1. The normalized spacial score (nSPS) is 15.5. The first-order valence-corrected chi connectivity index (χ1v) is 9.53. The fourth-order valence-electron chi connectivity index (χ4n) is 3.61. The van der Waals surface area contributed by atoms with Crippen molar-refractivity contribution in [2.24, 2.45) is 0 Å². The second-order valence-corrected chi connectivity index (χ2v) is 7.67.